The Balaban J connectivity index is 1.51. The molecule has 0 radical (unpaired) electrons. The van der Waals surface area contributed by atoms with E-state index < -0.39 is 17.3 Å². The maximum atomic E-state index is 14.4. The Kier molecular flexibility index (Phi) is 5.10. The van der Waals surface area contributed by atoms with Gasteiger partial charge in [0.05, 0.1) is 22.9 Å². The van der Waals surface area contributed by atoms with Gasteiger partial charge in [-0.15, -0.1) is 0 Å². The van der Waals surface area contributed by atoms with Crippen LogP contribution in [-0.2, 0) is 15.0 Å². The van der Waals surface area contributed by atoms with Gasteiger partial charge in [0.15, 0.2) is 0 Å². The largest absolute Gasteiger partial charge is 0.442 e. The van der Waals surface area contributed by atoms with Gasteiger partial charge in [-0.2, -0.15) is 5.26 Å². The number of carbonyl (C=O) groups excluding carboxylic acids is 2. The minimum absolute atomic E-state index is 0.207. The molecule has 0 saturated carbocycles. The van der Waals surface area contributed by atoms with Crippen molar-refractivity contribution in [2.75, 3.05) is 4.90 Å². The van der Waals surface area contributed by atoms with Gasteiger partial charge in [-0.25, -0.2) is 9.89 Å². The predicted molar refractivity (Wildman–Crippen MR) is 150 cm³/mol. The van der Waals surface area contributed by atoms with Gasteiger partial charge in [0.1, 0.15) is 17.4 Å². The average Bonchev–Trinajstić information content (AvgIpc) is 3.39. The average molecular weight is 576 g/mol. The molecule has 2 bridgehead atoms. The summed E-state index contributed by atoms with van der Waals surface area (Å²) in [5, 5.41) is 9.81. The topological polar surface area (TPSA) is 86.7 Å². The molecule has 7 heteroatoms. The number of hydrogen-bond donors (Lipinski definition) is 0. The van der Waals surface area contributed by atoms with Crippen molar-refractivity contribution < 1.29 is 14.0 Å². The molecule has 2 heterocycles. The first-order valence-corrected chi connectivity index (χ1v) is 13.5. The summed E-state index contributed by atoms with van der Waals surface area (Å²) in [7, 11) is 0. The number of aliphatic imine (C=N–C) groups is 1. The quantitative estimate of drug-likeness (QED) is 0.206. The Labute approximate surface area is 233 Å². The SMILES string of the molecule is Cc1oc(N=CC23c4ccccc4C(c4ccccc42)[C@H]2C(=O)N(c4ccc(Br)cc4)C(=O)[C@@H]23)c(C#N)c1C. The smallest absolute Gasteiger partial charge is 0.239 e. The van der Waals surface area contributed by atoms with E-state index in [4.69, 9.17) is 9.41 Å². The van der Waals surface area contributed by atoms with E-state index >= 15 is 0 Å². The minimum atomic E-state index is -1.02. The fraction of sp³-hybridized carbons (Fsp3) is 0.188. The maximum absolute atomic E-state index is 14.4. The molecule has 3 aliphatic carbocycles. The van der Waals surface area contributed by atoms with Gasteiger partial charge >= 0.3 is 0 Å². The van der Waals surface area contributed by atoms with Gasteiger partial charge in [0.2, 0.25) is 17.7 Å². The first kappa shape index (κ1) is 23.8. The number of amides is 2. The Morgan fingerprint density at radius 1 is 0.949 bits per heavy atom. The second kappa shape index (κ2) is 8.36. The van der Waals surface area contributed by atoms with Crippen LogP contribution in [0.4, 0.5) is 11.6 Å². The van der Waals surface area contributed by atoms with Crippen molar-refractivity contribution in [2.45, 2.75) is 25.2 Å². The van der Waals surface area contributed by atoms with Gasteiger partial charge in [0.25, 0.3) is 0 Å². The third kappa shape index (κ3) is 3.04. The summed E-state index contributed by atoms with van der Waals surface area (Å²) in [5.41, 5.74) is 4.59. The van der Waals surface area contributed by atoms with E-state index in [1.54, 1.807) is 25.3 Å². The molecule has 2 atom stereocenters. The Hall–Kier alpha value is -4.28. The number of halogens is 1. The van der Waals surface area contributed by atoms with Crippen molar-refractivity contribution in [3.8, 4) is 6.07 Å². The van der Waals surface area contributed by atoms with Gasteiger partial charge in [0, 0.05) is 22.2 Å². The van der Waals surface area contributed by atoms with E-state index in [1.165, 1.54) is 4.90 Å². The van der Waals surface area contributed by atoms with E-state index in [9.17, 15) is 14.9 Å². The molecule has 1 fully saturated rings. The number of imide groups is 1. The number of anilines is 1. The predicted octanol–water partition coefficient (Wildman–Crippen LogP) is 6.48. The first-order valence-electron chi connectivity index (χ1n) is 12.8. The molecule has 1 aromatic heterocycles. The number of nitrogens with zero attached hydrogens (tertiary/aromatic N) is 3. The van der Waals surface area contributed by atoms with Gasteiger partial charge in [-0.05, 0) is 60.4 Å². The Bertz CT molecular complexity index is 1730. The van der Waals surface area contributed by atoms with Crippen molar-refractivity contribution in [1.82, 2.24) is 0 Å². The van der Waals surface area contributed by atoms with Crippen LogP contribution in [0.1, 0.15) is 45.1 Å². The second-order valence-electron chi connectivity index (χ2n) is 10.3. The number of furan rings is 1. The molecule has 0 N–H and O–H groups in total. The molecule has 2 amide bonds. The summed E-state index contributed by atoms with van der Waals surface area (Å²) in [6.45, 7) is 3.63. The number of carbonyl (C=O) groups is 2. The summed E-state index contributed by atoms with van der Waals surface area (Å²) in [4.78, 5) is 34.7. The van der Waals surface area contributed by atoms with Crippen LogP contribution >= 0.6 is 15.9 Å². The fourth-order valence-corrected chi connectivity index (χ4v) is 7.15. The van der Waals surface area contributed by atoms with Crippen LogP contribution in [0.3, 0.4) is 0 Å². The fourth-order valence-electron chi connectivity index (χ4n) is 6.89. The van der Waals surface area contributed by atoms with Crippen LogP contribution in [0.25, 0.3) is 0 Å². The summed E-state index contributed by atoms with van der Waals surface area (Å²) < 4.78 is 6.74. The molecule has 8 rings (SSSR count). The summed E-state index contributed by atoms with van der Waals surface area (Å²) in [6.07, 6.45) is 1.76. The van der Waals surface area contributed by atoms with Gasteiger partial charge in [-0.1, -0.05) is 64.5 Å². The highest BCUT2D eigenvalue weighted by molar-refractivity contribution is 9.10. The van der Waals surface area contributed by atoms with Crippen LogP contribution in [0.2, 0.25) is 0 Å². The van der Waals surface area contributed by atoms with Gasteiger partial charge in [-0.3, -0.25) is 9.59 Å². The zero-order valence-corrected chi connectivity index (χ0v) is 22.8. The molecule has 190 valence electrons. The number of hydrogen-bond acceptors (Lipinski definition) is 5. The molecule has 6 nitrogen and oxygen atoms in total. The molecule has 1 saturated heterocycles. The number of rotatable bonds is 3. The molecule has 3 aromatic carbocycles. The van der Waals surface area contributed by atoms with Crippen LogP contribution in [0.15, 0.2) is 86.7 Å². The molecule has 4 aromatic rings. The third-order valence-electron chi connectivity index (χ3n) is 8.63. The Morgan fingerprint density at radius 2 is 1.56 bits per heavy atom. The molecule has 4 aliphatic rings. The normalized spacial score (nSPS) is 24.6. The summed E-state index contributed by atoms with van der Waals surface area (Å²) >= 11 is 3.45. The zero-order chi connectivity index (χ0) is 27.1. The van der Waals surface area contributed by atoms with E-state index in [1.807, 2.05) is 55.5 Å². The van der Waals surface area contributed by atoms with Crippen molar-refractivity contribution in [3.63, 3.8) is 0 Å². The second-order valence-corrected chi connectivity index (χ2v) is 11.3. The zero-order valence-electron chi connectivity index (χ0n) is 21.2. The van der Waals surface area contributed by atoms with Crippen molar-refractivity contribution in [1.29, 1.82) is 5.26 Å². The highest BCUT2D eigenvalue weighted by Crippen LogP contribution is 2.63. The van der Waals surface area contributed by atoms with Crippen molar-refractivity contribution in [3.05, 3.63) is 116 Å². The lowest BCUT2D eigenvalue weighted by Gasteiger charge is -2.52. The summed E-state index contributed by atoms with van der Waals surface area (Å²) in [6, 6.07) is 25.5. The van der Waals surface area contributed by atoms with E-state index in [2.05, 4.69) is 34.1 Å². The van der Waals surface area contributed by atoms with E-state index in [0.29, 0.717) is 17.0 Å². The number of nitriles is 1. The molecular formula is C32H22BrN3O3. The Morgan fingerprint density at radius 3 is 2.18 bits per heavy atom. The molecule has 0 unspecified atom stereocenters. The molecule has 1 aliphatic heterocycles. The van der Waals surface area contributed by atoms with Crippen LogP contribution in [-0.4, -0.2) is 18.0 Å². The lowest BCUT2D eigenvalue weighted by Crippen LogP contribution is -2.54. The van der Waals surface area contributed by atoms with E-state index in [-0.39, 0.29) is 23.6 Å². The molecule has 39 heavy (non-hydrogen) atoms. The standard InChI is InChI=1S/C32H22BrN3O3/c1-17-18(2)39-29(23(17)15-34)35-16-32-24-9-5-3-7-21(24)26(22-8-4-6-10-25(22)32)27-28(32)31(38)36(30(27)37)20-13-11-19(33)12-14-20/h3-14,16,26-28H,1-2H3/t26?,27-,28-,32?/m1/s1. The first-order chi connectivity index (χ1) is 18.9. The van der Waals surface area contributed by atoms with Crippen LogP contribution in [0.5, 0.6) is 0 Å². The lowest BCUT2D eigenvalue weighted by molar-refractivity contribution is -0.122. The number of benzene rings is 3. The van der Waals surface area contributed by atoms with Crippen LogP contribution in [0, 0.1) is 37.0 Å². The maximum Gasteiger partial charge on any atom is 0.239 e. The monoisotopic (exact) mass is 575 g/mol. The highest BCUT2D eigenvalue weighted by Gasteiger charge is 2.68. The summed E-state index contributed by atoms with van der Waals surface area (Å²) in [5.74, 6) is -1.17. The molecule has 0 spiro atoms. The van der Waals surface area contributed by atoms with Crippen molar-refractivity contribution >= 4 is 45.5 Å². The lowest BCUT2D eigenvalue weighted by atomic mass is 9.47. The minimum Gasteiger partial charge on any atom is -0.442 e. The third-order valence-corrected chi connectivity index (χ3v) is 9.16. The van der Waals surface area contributed by atoms with Crippen LogP contribution < -0.4 is 4.90 Å². The van der Waals surface area contributed by atoms with E-state index in [0.717, 1.165) is 32.3 Å². The van der Waals surface area contributed by atoms with Gasteiger partial charge < -0.3 is 4.42 Å². The molecular weight excluding hydrogens is 554 g/mol. The van der Waals surface area contributed by atoms with Crippen molar-refractivity contribution in [2.24, 2.45) is 16.8 Å². The number of aryl methyl sites for hydroxylation is 1. The highest BCUT2D eigenvalue weighted by atomic mass is 79.9.